The van der Waals surface area contributed by atoms with Crippen molar-refractivity contribution in [1.29, 1.82) is 0 Å². The number of rotatable bonds is 2. The summed E-state index contributed by atoms with van der Waals surface area (Å²) in [6.45, 7) is 3.24. The van der Waals surface area contributed by atoms with Crippen molar-refractivity contribution in [3.63, 3.8) is 0 Å². The van der Waals surface area contributed by atoms with Crippen molar-refractivity contribution in [2.24, 2.45) is 0 Å². The van der Waals surface area contributed by atoms with Crippen molar-refractivity contribution in [1.82, 2.24) is 41.7 Å². The molecule has 1 saturated carbocycles. The second-order valence-electron chi connectivity index (χ2n) is 10.5. The first-order valence-corrected chi connectivity index (χ1v) is 14.4. The highest BCUT2D eigenvalue weighted by Gasteiger charge is 2.48. The van der Waals surface area contributed by atoms with Crippen LogP contribution in [0.15, 0.2) is 21.5 Å². The Hall–Kier alpha value is -2.11. The molecule has 5 aliphatic heterocycles. The molecule has 6 aliphatic rings. The van der Waals surface area contributed by atoms with E-state index < -0.39 is 0 Å². The molecular formula is C24H38N8O2S. The van der Waals surface area contributed by atoms with Gasteiger partial charge < -0.3 is 9.80 Å². The van der Waals surface area contributed by atoms with Gasteiger partial charge in [-0.2, -0.15) is 0 Å². The standard InChI is InChI=1S/C24H38N8O2S/c33-21(29-13-7-1-2-8-14-29)19-23-31(27-25-19)17-11-5-6-12-18(17)32-24(35-23)20(26-28-32)22(34)30-15-9-3-4-10-16-30/h17-18,25-28H,1-16H2. The zero-order valence-electron chi connectivity index (χ0n) is 20.5. The van der Waals surface area contributed by atoms with E-state index in [1.807, 2.05) is 9.80 Å². The zero-order valence-corrected chi connectivity index (χ0v) is 21.3. The summed E-state index contributed by atoms with van der Waals surface area (Å²) >= 11 is 1.54. The van der Waals surface area contributed by atoms with Gasteiger partial charge in [-0.25, -0.2) is 0 Å². The average molecular weight is 503 g/mol. The van der Waals surface area contributed by atoms with E-state index in [2.05, 4.69) is 31.9 Å². The number of amides is 2. The van der Waals surface area contributed by atoms with E-state index in [4.69, 9.17) is 0 Å². The van der Waals surface area contributed by atoms with Crippen molar-refractivity contribution >= 4 is 23.6 Å². The van der Waals surface area contributed by atoms with E-state index in [9.17, 15) is 9.59 Å². The molecule has 1 aliphatic carbocycles. The topological polar surface area (TPSA) is 95.2 Å². The molecule has 35 heavy (non-hydrogen) atoms. The number of nitrogens with zero attached hydrogens (tertiary/aromatic N) is 4. The third-order valence-corrected chi connectivity index (χ3v) is 9.42. The lowest BCUT2D eigenvalue weighted by atomic mass is 9.89. The predicted molar refractivity (Wildman–Crippen MR) is 134 cm³/mol. The van der Waals surface area contributed by atoms with Gasteiger partial charge in [0, 0.05) is 26.2 Å². The average Bonchev–Trinajstić information content (AvgIpc) is 3.18. The van der Waals surface area contributed by atoms with Crippen molar-refractivity contribution in [2.45, 2.75) is 89.1 Å². The summed E-state index contributed by atoms with van der Waals surface area (Å²) in [7, 11) is 0. The van der Waals surface area contributed by atoms with E-state index in [-0.39, 0.29) is 23.9 Å². The van der Waals surface area contributed by atoms with Crippen LogP contribution in [0.1, 0.15) is 77.0 Å². The Balaban J connectivity index is 1.36. The molecule has 5 heterocycles. The first-order chi connectivity index (χ1) is 17.2. The maximum absolute atomic E-state index is 13.7. The van der Waals surface area contributed by atoms with E-state index >= 15 is 0 Å². The highest BCUT2D eigenvalue weighted by Crippen LogP contribution is 2.45. The molecule has 2 atom stereocenters. The van der Waals surface area contributed by atoms with Crippen molar-refractivity contribution in [3.05, 3.63) is 21.5 Å². The van der Waals surface area contributed by atoms with Crippen LogP contribution in [0.25, 0.3) is 0 Å². The van der Waals surface area contributed by atoms with Crippen LogP contribution in [0.5, 0.6) is 0 Å². The van der Waals surface area contributed by atoms with Gasteiger partial charge in [0.2, 0.25) is 0 Å². The molecule has 3 saturated heterocycles. The van der Waals surface area contributed by atoms with E-state index in [1.165, 1.54) is 37.4 Å². The van der Waals surface area contributed by atoms with Crippen LogP contribution in [0.4, 0.5) is 0 Å². The largest absolute Gasteiger partial charge is 0.337 e. The molecule has 11 heteroatoms. The number of hydrazine groups is 4. The number of nitrogens with one attached hydrogen (secondary N) is 4. The number of likely N-dealkylation sites (tertiary alicyclic amines) is 2. The molecule has 0 aromatic heterocycles. The minimum atomic E-state index is 0.0603. The fourth-order valence-electron chi connectivity index (χ4n) is 6.29. The smallest absolute Gasteiger partial charge is 0.274 e. The quantitative estimate of drug-likeness (QED) is 0.451. The molecule has 0 aromatic carbocycles. The lowest BCUT2D eigenvalue weighted by Gasteiger charge is -2.40. The first-order valence-electron chi connectivity index (χ1n) is 13.6. The molecule has 0 bridgehead atoms. The maximum Gasteiger partial charge on any atom is 0.274 e. The van der Waals surface area contributed by atoms with Gasteiger partial charge in [0.1, 0.15) is 21.5 Å². The number of hydrogen-bond donors (Lipinski definition) is 4. The van der Waals surface area contributed by atoms with Gasteiger partial charge in [-0.1, -0.05) is 38.5 Å². The summed E-state index contributed by atoms with van der Waals surface area (Å²) in [5, 5.41) is 6.11. The first kappa shape index (κ1) is 23.3. The van der Waals surface area contributed by atoms with Crippen molar-refractivity contribution < 1.29 is 9.59 Å². The molecule has 4 N–H and O–H groups in total. The fraction of sp³-hybridized carbons (Fsp3) is 0.750. The van der Waals surface area contributed by atoms with Gasteiger partial charge in [0.15, 0.2) is 0 Å². The Morgan fingerprint density at radius 1 is 0.600 bits per heavy atom. The summed E-state index contributed by atoms with van der Waals surface area (Å²) in [5.41, 5.74) is 14.4. The lowest BCUT2D eigenvalue weighted by molar-refractivity contribution is -0.128. The van der Waals surface area contributed by atoms with Crippen LogP contribution in [0.2, 0.25) is 0 Å². The summed E-state index contributed by atoms with van der Waals surface area (Å²) in [6, 6.07) is 0.403. The number of thioether (sulfide) groups is 1. The van der Waals surface area contributed by atoms with E-state index in [0.29, 0.717) is 11.4 Å². The third kappa shape index (κ3) is 4.35. The monoisotopic (exact) mass is 502 g/mol. The van der Waals surface area contributed by atoms with Gasteiger partial charge in [-0.15, -0.1) is 11.1 Å². The predicted octanol–water partition coefficient (Wildman–Crippen LogP) is 1.84. The van der Waals surface area contributed by atoms with E-state index in [1.54, 1.807) is 0 Å². The molecule has 2 amide bonds. The van der Waals surface area contributed by atoms with Crippen LogP contribution in [-0.4, -0.2) is 69.9 Å². The zero-order chi connectivity index (χ0) is 23.8. The Kier molecular flexibility index (Phi) is 6.72. The second-order valence-corrected chi connectivity index (χ2v) is 11.5. The molecule has 0 aromatic rings. The summed E-state index contributed by atoms with van der Waals surface area (Å²) in [4.78, 5) is 31.3. The van der Waals surface area contributed by atoms with Crippen LogP contribution < -0.4 is 21.9 Å². The molecule has 0 spiro atoms. The number of carbonyl (C=O) groups excluding carboxylic acids is 2. The SMILES string of the molecule is O=C(C1=C2SC3=C(C(=O)N4CCCCCC4)NNN3C3CCCCC3N2NN1)N1CCCCCC1. The van der Waals surface area contributed by atoms with Crippen LogP contribution in [0, 0.1) is 0 Å². The highest BCUT2D eigenvalue weighted by molar-refractivity contribution is 8.06. The minimum Gasteiger partial charge on any atom is -0.337 e. The Morgan fingerprint density at radius 2 is 1.00 bits per heavy atom. The number of hydrogen-bond acceptors (Lipinski definition) is 9. The molecule has 2 unspecified atom stereocenters. The van der Waals surface area contributed by atoms with Crippen molar-refractivity contribution in [3.8, 4) is 0 Å². The van der Waals surface area contributed by atoms with Gasteiger partial charge in [0.25, 0.3) is 11.8 Å². The Labute approximate surface area is 211 Å². The highest BCUT2D eigenvalue weighted by atomic mass is 32.2. The summed E-state index contributed by atoms with van der Waals surface area (Å²) < 4.78 is 0. The minimum absolute atomic E-state index is 0.0603. The van der Waals surface area contributed by atoms with Crippen LogP contribution in [0.3, 0.4) is 0 Å². The number of carbonyl (C=O) groups is 2. The molecule has 0 radical (unpaired) electrons. The number of fused-ring (bicyclic) bond motifs is 5. The molecular weight excluding hydrogens is 464 g/mol. The van der Waals surface area contributed by atoms with Gasteiger partial charge in [0.05, 0.1) is 12.1 Å². The molecule has 10 nitrogen and oxygen atoms in total. The van der Waals surface area contributed by atoms with E-state index in [0.717, 1.165) is 87.6 Å². The normalized spacial score (nSPS) is 29.5. The molecule has 4 fully saturated rings. The third-order valence-electron chi connectivity index (χ3n) is 8.23. The Bertz CT molecular complexity index is 835. The Morgan fingerprint density at radius 3 is 1.40 bits per heavy atom. The van der Waals surface area contributed by atoms with Crippen LogP contribution in [-0.2, 0) is 9.59 Å². The van der Waals surface area contributed by atoms with Gasteiger partial charge in [-0.05, 0) is 50.3 Å². The molecule has 192 valence electrons. The summed E-state index contributed by atoms with van der Waals surface area (Å²) in [6.07, 6.45) is 13.4. The molecule has 6 rings (SSSR count). The van der Waals surface area contributed by atoms with Gasteiger partial charge >= 0.3 is 0 Å². The van der Waals surface area contributed by atoms with Crippen molar-refractivity contribution in [2.75, 3.05) is 26.2 Å². The summed E-state index contributed by atoms with van der Waals surface area (Å²) in [5.74, 6) is 0.121. The fourth-order valence-corrected chi connectivity index (χ4v) is 7.51. The second kappa shape index (κ2) is 10.1. The maximum atomic E-state index is 13.7. The lowest BCUT2D eigenvalue weighted by Crippen LogP contribution is -2.57. The van der Waals surface area contributed by atoms with Gasteiger partial charge in [-0.3, -0.25) is 30.5 Å². The van der Waals surface area contributed by atoms with Crippen LogP contribution >= 0.6 is 11.8 Å².